The molecule has 1 aliphatic rings. The summed E-state index contributed by atoms with van der Waals surface area (Å²) in [4.78, 5) is 0. The normalized spacial score (nSPS) is 18.8. The summed E-state index contributed by atoms with van der Waals surface area (Å²) in [5.41, 5.74) is 0.0330. The lowest BCUT2D eigenvalue weighted by Crippen LogP contribution is -2.20. The van der Waals surface area contributed by atoms with Gasteiger partial charge < -0.3 is 9.30 Å². The molecule has 1 unspecified atom stereocenters. The van der Waals surface area contributed by atoms with Crippen LogP contribution in [0, 0.1) is 12.0 Å². The highest BCUT2D eigenvalue weighted by Gasteiger charge is 2.36. The molecular formula is C16H14F4NO. The van der Waals surface area contributed by atoms with E-state index in [0.717, 1.165) is 23.5 Å². The molecule has 1 aromatic heterocycles. The SMILES string of the molecule is Fc1ccc(-c2[c]n(CC3CCCO3)c(C(F)(F)F)c2)cc1. The zero-order chi connectivity index (χ0) is 15.7. The minimum absolute atomic E-state index is 0.121. The third-order valence-corrected chi connectivity index (χ3v) is 3.68. The molecular weight excluding hydrogens is 298 g/mol. The Balaban J connectivity index is 1.94. The lowest BCUT2D eigenvalue weighted by molar-refractivity contribution is -0.144. The minimum Gasteiger partial charge on any atom is -0.376 e. The number of hydrogen-bond donors (Lipinski definition) is 0. The average Bonchev–Trinajstić information content (AvgIpc) is 3.09. The fourth-order valence-corrected chi connectivity index (χ4v) is 2.60. The van der Waals surface area contributed by atoms with E-state index in [1.54, 1.807) is 0 Å². The van der Waals surface area contributed by atoms with Crippen molar-refractivity contribution in [1.29, 1.82) is 0 Å². The van der Waals surface area contributed by atoms with Gasteiger partial charge in [0.1, 0.15) is 11.5 Å². The van der Waals surface area contributed by atoms with Crippen molar-refractivity contribution in [2.45, 2.75) is 31.7 Å². The Hall–Kier alpha value is -1.82. The van der Waals surface area contributed by atoms with Gasteiger partial charge in [0, 0.05) is 18.7 Å². The molecule has 2 nitrogen and oxygen atoms in total. The predicted octanol–water partition coefficient (Wildman–Crippen LogP) is 4.29. The van der Waals surface area contributed by atoms with E-state index in [1.165, 1.54) is 24.3 Å². The van der Waals surface area contributed by atoms with E-state index in [-0.39, 0.29) is 12.6 Å². The maximum absolute atomic E-state index is 13.2. The number of aromatic nitrogens is 1. The Labute approximate surface area is 125 Å². The molecule has 0 N–H and O–H groups in total. The minimum atomic E-state index is -4.46. The number of nitrogens with zero attached hydrogens (tertiary/aromatic N) is 1. The highest BCUT2D eigenvalue weighted by Crippen LogP contribution is 2.34. The van der Waals surface area contributed by atoms with Crippen molar-refractivity contribution in [3.8, 4) is 11.1 Å². The van der Waals surface area contributed by atoms with Crippen molar-refractivity contribution >= 4 is 0 Å². The van der Waals surface area contributed by atoms with Crippen LogP contribution in [0.5, 0.6) is 0 Å². The smallest absolute Gasteiger partial charge is 0.376 e. The van der Waals surface area contributed by atoms with Gasteiger partial charge in [0.2, 0.25) is 0 Å². The second-order valence-electron chi connectivity index (χ2n) is 5.31. The number of hydrogen-bond acceptors (Lipinski definition) is 1. The van der Waals surface area contributed by atoms with Gasteiger partial charge in [0.25, 0.3) is 0 Å². The monoisotopic (exact) mass is 312 g/mol. The van der Waals surface area contributed by atoms with Gasteiger partial charge in [-0.2, -0.15) is 13.2 Å². The Bertz CT molecular complexity index is 639. The molecule has 2 heterocycles. The molecule has 0 spiro atoms. The molecule has 1 aliphatic heterocycles. The van der Waals surface area contributed by atoms with Crippen LogP contribution < -0.4 is 0 Å². The van der Waals surface area contributed by atoms with Crippen LogP contribution in [-0.4, -0.2) is 17.3 Å². The molecule has 0 bridgehead atoms. The first-order chi connectivity index (χ1) is 10.4. The van der Waals surface area contributed by atoms with Gasteiger partial charge in [-0.05, 0) is 36.6 Å². The Morgan fingerprint density at radius 1 is 1.23 bits per heavy atom. The first-order valence-electron chi connectivity index (χ1n) is 7.01. The molecule has 0 amide bonds. The Morgan fingerprint density at radius 3 is 2.55 bits per heavy atom. The van der Waals surface area contributed by atoms with E-state index in [0.29, 0.717) is 17.7 Å². The van der Waals surface area contributed by atoms with E-state index < -0.39 is 17.7 Å². The first kappa shape index (κ1) is 15.1. The molecule has 3 rings (SSSR count). The van der Waals surface area contributed by atoms with Gasteiger partial charge in [-0.1, -0.05) is 12.1 Å². The topological polar surface area (TPSA) is 14.2 Å². The molecule has 1 aromatic carbocycles. The average molecular weight is 312 g/mol. The molecule has 6 heteroatoms. The van der Waals surface area contributed by atoms with Gasteiger partial charge in [-0.15, -0.1) is 0 Å². The fraction of sp³-hybridized carbons (Fsp3) is 0.375. The van der Waals surface area contributed by atoms with E-state index in [9.17, 15) is 17.6 Å². The maximum atomic E-state index is 13.2. The number of rotatable bonds is 3. The van der Waals surface area contributed by atoms with Gasteiger partial charge in [-0.25, -0.2) is 4.39 Å². The molecule has 1 saturated heterocycles. The third kappa shape index (κ3) is 3.16. The Kier molecular flexibility index (Phi) is 3.95. The van der Waals surface area contributed by atoms with Crippen LogP contribution in [0.25, 0.3) is 11.1 Å². The number of ether oxygens (including phenoxy) is 1. The third-order valence-electron chi connectivity index (χ3n) is 3.68. The van der Waals surface area contributed by atoms with E-state index in [2.05, 4.69) is 6.20 Å². The largest absolute Gasteiger partial charge is 0.431 e. The number of benzene rings is 1. The molecule has 1 atom stereocenters. The summed E-state index contributed by atoms with van der Waals surface area (Å²) in [5, 5.41) is 0. The second-order valence-corrected chi connectivity index (χ2v) is 5.31. The van der Waals surface area contributed by atoms with E-state index in [1.807, 2.05) is 0 Å². The van der Waals surface area contributed by atoms with Gasteiger partial charge in [0.15, 0.2) is 0 Å². The summed E-state index contributed by atoms with van der Waals surface area (Å²) in [7, 11) is 0. The van der Waals surface area contributed by atoms with Crippen LogP contribution in [0.15, 0.2) is 30.3 Å². The highest BCUT2D eigenvalue weighted by molar-refractivity contribution is 5.63. The van der Waals surface area contributed by atoms with Crippen molar-refractivity contribution in [3.05, 3.63) is 48.0 Å². The van der Waals surface area contributed by atoms with Crippen molar-refractivity contribution < 1.29 is 22.3 Å². The van der Waals surface area contributed by atoms with Crippen LogP contribution in [0.3, 0.4) is 0 Å². The zero-order valence-corrected chi connectivity index (χ0v) is 11.7. The molecule has 1 radical (unpaired) electrons. The van der Waals surface area contributed by atoms with Gasteiger partial charge in [0.05, 0.1) is 12.3 Å². The molecule has 22 heavy (non-hydrogen) atoms. The first-order valence-corrected chi connectivity index (χ1v) is 7.01. The van der Waals surface area contributed by atoms with Crippen LogP contribution in [-0.2, 0) is 17.5 Å². The highest BCUT2D eigenvalue weighted by atomic mass is 19.4. The van der Waals surface area contributed by atoms with E-state index in [4.69, 9.17) is 4.74 Å². The van der Waals surface area contributed by atoms with Crippen molar-refractivity contribution in [3.63, 3.8) is 0 Å². The lowest BCUT2D eigenvalue weighted by Gasteiger charge is -2.15. The second kappa shape index (κ2) is 5.76. The summed E-state index contributed by atoms with van der Waals surface area (Å²) < 4.78 is 58.9. The number of halogens is 4. The van der Waals surface area contributed by atoms with Gasteiger partial charge >= 0.3 is 6.18 Å². The Morgan fingerprint density at radius 2 is 1.95 bits per heavy atom. The summed E-state index contributed by atoms with van der Waals surface area (Å²) >= 11 is 0. The quantitative estimate of drug-likeness (QED) is 0.771. The molecule has 0 saturated carbocycles. The van der Waals surface area contributed by atoms with Gasteiger partial charge in [-0.3, -0.25) is 0 Å². The lowest BCUT2D eigenvalue weighted by atomic mass is 10.1. The van der Waals surface area contributed by atoms with Crippen LogP contribution in [0.1, 0.15) is 18.5 Å². The van der Waals surface area contributed by atoms with Crippen LogP contribution in [0.2, 0.25) is 0 Å². The maximum Gasteiger partial charge on any atom is 0.431 e. The summed E-state index contributed by atoms with van der Waals surface area (Å²) in [6.45, 7) is 0.703. The fourth-order valence-electron chi connectivity index (χ4n) is 2.60. The van der Waals surface area contributed by atoms with Crippen molar-refractivity contribution in [2.75, 3.05) is 6.61 Å². The van der Waals surface area contributed by atoms with Crippen LogP contribution >= 0.6 is 0 Å². The zero-order valence-electron chi connectivity index (χ0n) is 11.7. The summed E-state index contributed by atoms with van der Waals surface area (Å²) in [6, 6.07) is 6.36. The summed E-state index contributed by atoms with van der Waals surface area (Å²) in [5.74, 6) is -0.432. The molecule has 117 valence electrons. The molecule has 0 aliphatic carbocycles. The number of alkyl halides is 3. The van der Waals surface area contributed by atoms with E-state index >= 15 is 0 Å². The predicted molar refractivity (Wildman–Crippen MR) is 72.6 cm³/mol. The molecule has 2 aromatic rings. The molecule has 1 fully saturated rings. The van der Waals surface area contributed by atoms with Crippen molar-refractivity contribution in [2.24, 2.45) is 0 Å². The standard InChI is InChI=1S/C16H14F4NO/c17-13-5-3-11(4-6-13)12-8-15(16(18,19)20)21(9-12)10-14-2-1-7-22-14/h3-6,8,14H,1-2,7,10H2. The van der Waals surface area contributed by atoms with Crippen molar-refractivity contribution in [1.82, 2.24) is 4.57 Å². The summed E-state index contributed by atoms with van der Waals surface area (Å²) in [6.07, 6.45) is -0.332. The van der Waals surface area contributed by atoms with Crippen LogP contribution in [0.4, 0.5) is 17.6 Å².